The van der Waals surface area contributed by atoms with Crippen LogP contribution in [-0.4, -0.2) is 47.8 Å². The molecule has 16 heavy (non-hydrogen) atoms. The van der Waals surface area contributed by atoms with E-state index in [9.17, 15) is 9.90 Å². The molecule has 1 aliphatic rings. The summed E-state index contributed by atoms with van der Waals surface area (Å²) in [4.78, 5) is 11.6. The van der Waals surface area contributed by atoms with Gasteiger partial charge in [0.1, 0.15) is 0 Å². The molecule has 0 aromatic heterocycles. The van der Waals surface area contributed by atoms with Gasteiger partial charge >= 0.3 is 0 Å². The fraction of sp³-hybridized carbons (Fsp3) is 0.909. The highest BCUT2D eigenvalue weighted by Crippen LogP contribution is 2.10. The van der Waals surface area contributed by atoms with Crippen LogP contribution in [0.15, 0.2) is 0 Å². The molecule has 4 nitrogen and oxygen atoms in total. The van der Waals surface area contributed by atoms with Gasteiger partial charge in [-0.25, -0.2) is 0 Å². The predicted octanol–water partition coefficient (Wildman–Crippen LogP) is 0.359. The summed E-state index contributed by atoms with van der Waals surface area (Å²) in [7, 11) is 0. The third kappa shape index (κ3) is 5.18. The molecule has 1 saturated heterocycles. The topological polar surface area (TPSA) is 61.4 Å². The highest BCUT2D eigenvalue weighted by Gasteiger charge is 2.22. The summed E-state index contributed by atoms with van der Waals surface area (Å²) in [6.45, 7) is 3.10. The average Bonchev–Trinajstić information content (AvgIpc) is 2.68. The minimum Gasteiger partial charge on any atom is -0.387 e. The van der Waals surface area contributed by atoms with E-state index in [0.29, 0.717) is 24.8 Å². The molecule has 3 N–H and O–H groups in total. The van der Waals surface area contributed by atoms with Crippen LogP contribution in [0.1, 0.15) is 26.2 Å². The molecule has 0 saturated carbocycles. The zero-order valence-electron chi connectivity index (χ0n) is 10.1. The molecule has 1 aliphatic heterocycles. The zero-order chi connectivity index (χ0) is 12.0. The summed E-state index contributed by atoms with van der Waals surface area (Å²) >= 11 is 1.58. The van der Waals surface area contributed by atoms with E-state index in [1.165, 1.54) is 0 Å². The Hall–Kier alpha value is -0.260. The maximum absolute atomic E-state index is 11.6. The smallest absolute Gasteiger partial charge is 0.221 e. The average molecular weight is 246 g/mol. The molecule has 0 aromatic carbocycles. The monoisotopic (exact) mass is 246 g/mol. The van der Waals surface area contributed by atoms with Crippen LogP contribution in [0, 0.1) is 0 Å². The van der Waals surface area contributed by atoms with Crippen LogP contribution in [0.3, 0.4) is 0 Å². The van der Waals surface area contributed by atoms with E-state index in [0.717, 1.165) is 19.4 Å². The minimum absolute atomic E-state index is 0.0285. The number of thioether (sulfide) groups is 1. The van der Waals surface area contributed by atoms with Crippen LogP contribution in [0.2, 0.25) is 0 Å². The zero-order valence-corrected chi connectivity index (χ0v) is 10.9. The standard InChI is InChI=1S/C11H22N2O2S/c1-11(15,8-16-2)7-13-10(14)6-9-4-3-5-12-9/h9,12,15H,3-8H2,1-2H3,(H,13,14). The summed E-state index contributed by atoms with van der Waals surface area (Å²) in [6.07, 6.45) is 4.70. The molecule has 0 spiro atoms. The van der Waals surface area contributed by atoms with Gasteiger partial charge in [0.15, 0.2) is 0 Å². The Kier molecular flexibility index (Phi) is 5.58. The fourth-order valence-electron chi connectivity index (χ4n) is 1.88. The Morgan fingerprint density at radius 1 is 1.69 bits per heavy atom. The lowest BCUT2D eigenvalue weighted by Crippen LogP contribution is -2.43. The lowest BCUT2D eigenvalue weighted by Gasteiger charge is -2.23. The summed E-state index contributed by atoms with van der Waals surface area (Å²) in [5, 5.41) is 15.9. The van der Waals surface area contributed by atoms with E-state index in [1.54, 1.807) is 18.7 Å². The second-order valence-electron chi connectivity index (χ2n) is 4.70. The first-order valence-corrected chi connectivity index (χ1v) is 7.14. The van der Waals surface area contributed by atoms with E-state index in [2.05, 4.69) is 10.6 Å². The van der Waals surface area contributed by atoms with Crippen LogP contribution in [-0.2, 0) is 4.79 Å². The van der Waals surface area contributed by atoms with E-state index in [-0.39, 0.29) is 5.91 Å². The largest absolute Gasteiger partial charge is 0.387 e. The van der Waals surface area contributed by atoms with Crippen molar-refractivity contribution in [3.63, 3.8) is 0 Å². The van der Waals surface area contributed by atoms with Gasteiger partial charge in [0.05, 0.1) is 5.60 Å². The predicted molar refractivity (Wildman–Crippen MR) is 67.7 cm³/mol. The van der Waals surface area contributed by atoms with E-state index >= 15 is 0 Å². The van der Waals surface area contributed by atoms with Crippen molar-refractivity contribution in [3.8, 4) is 0 Å². The van der Waals surface area contributed by atoms with Gasteiger partial charge < -0.3 is 15.7 Å². The molecular weight excluding hydrogens is 224 g/mol. The fourth-order valence-corrected chi connectivity index (χ4v) is 2.60. The number of rotatable bonds is 6. The third-order valence-electron chi connectivity index (χ3n) is 2.72. The van der Waals surface area contributed by atoms with Crippen molar-refractivity contribution >= 4 is 17.7 Å². The molecule has 94 valence electrons. The molecule has 5 heteroatoms. The molecule has 1 rings (SSSR count). The molecule has 2 atom stereocenters. The minimum atomic E-state index is -0.807. The van der Waals surface area contributed by atoms with Crippen molar-refractivity contribution in [1.82, 2.24) is 10.6 Å². The van der Waals surface area contributed by atoms with Crippen LogP contribution in [0.4, 0.5) is 0 Å². The first-order valence-electron chi connectivity index (χ1n) is 5.75. The summed E-state index contributed by atoms with van der Waals surface area (Å²) < 4.78 is 0. The van der Waals surface area contributed by atoms with Crippen molar-refractivity contribution in [2.24, 2.45) is 0 Å². The SMILES string of the molecule is CSCC(C)(O)CNC(=O)CC1CCCN1. The Balaban J connectivity index is 2.18. The molecule has 0 bridgehead atoms. The Bertz CT molecular complexity index is 228. The number of hydrogen-bond donors (Lipinski definition) is 3. The van der Waals surface area contributed by atoms with Crippen LogP contribution in [0.5, 0.6) is 0 Å². The molecule has 0 radical (unpaired) electrons. The van der Waals surface area contributed by atoms with Gasteiger partial charge in [-0.1, -0.05) is 0 Å². The maximum atomic E-state index is 11.6. The number of carbonyl (C=O) groups excluding carboxylic acids is 1. The highest BCUT2D eigenvalue weighted by atomic mass is 32.2. The van der Waals surface area contributed by atoms with E-state index in [1.807, 2.05) is 6.26 Å². The number of amides is 1. The van der Waals surface area contributed by atoms with E-state index < -0.39 is 5.60 Å². The molecule has 1 heterocycles. The van der Waals surface area contributed by atoms with Gasteiger partial charge in [0.2, 0.25) is 5.91 Å². The summed E-state index contributed by atoms with van der Waals surface area (Å²) in [5.41, 5.74) is -0.807. The van der Waals surface area contributed by atoms with Crippen molar-refractivity contribution in [2.75, 3.05) is 25.1 Å². The van der Waals surface area contributed by atoms with Gasteiger partial charge in [-0.05, 0) is 32.6 Å². The second-order valence-corrected chi connectivity index (χ2v) is 5.57. The van der Waals surface area contributed by atoms with Crippen molar-refractivity contribution in [2.45, 2.75) is 37.8 Å². The lowest BCUT2D eigenvalue weighted by molar-refractivity contribution is -0.122. The first kappa shape index (κ1) is 13.8. The maximum Gasteiger partial charge on any atom is 0.221 e. The second kappa shape index (κ2) is 6.47. The highest BCUT2D eigenvalue weighted by molar-refractivity contribution is 7.98. The lowest BCUT2D eigenvalue weighted by atomic mass is 10.1. The molecule has 0 aromatic rings. The molecule has 0 aliphatic carbocycles. The summed E-state index contributed by atoms with van der Waals surface area (Å²) in [5.74, 6) is 0.662. The molecular formula is C11H22N2O2S. The number of carbonyl (C=O) groups is 1. The first-order chi connectivity index (χ1) is 7.53. The quantitative estimate of drug-likeness (QED) is 0.633. The Morgan fingerprint density at radius 3 is 3.00 bits per heavy atom. The molecule has 1 amide bonds. The van der Waals surface area contributed by atoms with E-state index in [4.69, 9.17) is 0 Å². The Morgan fingerprint density at radius 2 is 2.44 bits per heavy atom. The van der Waals surface area contributed by atoms with Gasteiger partial charge in [-0.15, -0.1) is 0 Å². The van der Waals surface area contributed by atoms with Gasteiger partial charge in [-0.3, -0.25) is 4.79 Å². The van der Waals surface area contributed by atoms with Gasteiger partial charge in [-0.2, -0.15) is 11.8 Å². The van der Waals surface area contributed by atoms with Crippen LogP contribution < -0.4 is 10.6 Å². The third-order valence-corrected chi connectivity index (χ3v) is 3.63. The number of hydrogen-bond acceptors (Lipinski definition) is 4. The number of aliphatic hydroxyl groups is 1. The molecule has 2 unspecified atom stereocenters. The van der Waals surface area contributed by atoms with Gasteiger partial charge in [0, 0.05) is 24.8 Å². The number of nitrogens with one attached hydrogen (secondary N) is 2. The van der Waals surface area contributed by atoms with Crippen molar-refractivity contribution in [1.29, 1.82) is 0 Å². The molecule has 1 fully saturated rings. The normalized spacial score (nSPS) is 24.1. The van der Waals surface area contributed by atoms with Crippen molar-refractivity contribution in [3.05, 3.63) is 0 Å². The summed E-state index contributed by atoms with van der Waals surface area (Å²) in [6, 6.07) is 0.325. The van der Waals surface area contributed by atoms with Crippen molar-refractivity contribution < 1.29 is 9.90 Å². The van der Waals surface area contributed by atoms with Crippen LogP contribution in [0.25, 0.3) is 0 Å². The Labute approximate surface area is 102 Å². The van der Waals surface area contributed by atoms with Gasteiger partial charge in [0.25, 0.3) is 0 Å². The van der Waals surface area contributed by atoms with Crippen LogP contribution >= 0.6 is 11.8 Å².